The second-order valence-electron chi connectivity index (χ2n) is 5.55. The third-order valence-corrected chi connectivity index (χ3v) is 4.33. The van der Waals surface area contributed by atoms with E-state index >= 15 is 0 Å². The zero-order valence-corrected chi connectivity index (χ0v) is 12.7. The molecule has 1 fully saturated rings. The van der Waals surface area contributed by atoms with E-state index in [1.807, 2.05) is 18.2 Å². The third-order valence-electron chi connectivity index (χ3n) is 3.84. The Bertz CT molecular complexity index is 662. The monoisotopic (exact) mass is 337 g/mol. The molecule has 106 valence electrons. The second-order valence-corrected chi connectivity index (χ2v) is 6.46. The van der Waals surface area contributed by atoms with Crippen molar-refractivity contribution in [2.24, 2.45) is 5.92 Å². The average Bonchev–Trinajstić information content (AvgIpc) is 3.13. The van der Waals surface area contributed by atoms with Crippen molar-refractivity contribution < 1.29 is 14.3 Å². The van der Waals surface area contributed by atoms with Crippen molar-refractivity contribution in [1.82, 2.24) is 5.32 Å². The van der Waals surface area contributed by atoms with Crippen LogP contribution in [0.5, 0.6) is 0 Å². The Labute approximate surface area is 125 Å². The first-order valence-electron chi connectivity index (χ1n) is 6.67. The minimum Gasteiger partial charge on any atom is -0.480 e. The van der Waals surface area contributed by atoms with Crippen LogP contribution in [0.25, 0.3) is 11.0 Å². The summed E-state index contributed by atoms with van der Waals surface area (Å²) in [6.45, 7) is 2.37. The largest absolute Gasteiger partial charge is 0.480 e. The number of aliphatic carboxylic acids is 1. The molecule has 1 aliphatic rings. The molecule has 3 rings (SSSR count). The van der Waals surface area contributed by atoms with Gasteiger partial charge in [-0.15, -0.1) is 0 Å². The minimum absolute atomic E-state index is 0.443. The number of carboxylic acid groups (broad SMARTS) is 1. The molecule has 1 atom stereocenters. The predicted octanol–water partition coefficient (Wildman–Crippen LogP) is 3.49. The summed E-state index contributed by atoms with van der Waals surface area (Å²) >= 11 is 3.41. The van der Waals surface area contributed by atoms with Crippen molar-refractivity contribution in [3.63, 3.8) is 0 Å². The maximum Gasteiger partial charge on any atom is 0.331 e. The number of benzene rings is 1. The van der Waals surface area contributed by atoms with Crippen molar-refractivity contribution in [1.29, 1.82) is 0 Å². The molecule has 0 saturated heterocycles. The van der Waals surface area contributed by atoms with Crippen LogP contribution in [0.4, 0.5) is 0 Å². The number of nitrogens with one attached hydrogen (secondary N) is 1. The Morgan fingerprint density at radius 3 is 2.90 bits per heavy atom. The zero-order valence-electron chi connectivity index (χ0n) is 11.1. The van der Waals surface area contributed by atoms with Crippen molar-refractivity contribution in [3.8, 4) is 0 Å². The normalized spacial score (nSPS) is 18.1. The lowest BCUT2D eigenvalue weighted by atomic mass is 9.98. The molecule has 1 aliphatic carbocycles. The summed E-state index contributed by atoms with van der Waals surface area (Å²) in [5, 5.41) is 13.6. The highest BCUT2D eigenvalue weighted by atomic mass is 79.9. The molecule has 1 heterocycles. The summed E-state index contributed by atoms with van der Waals surface area (Å²) in [5.41, 5.74) is -0.488. The van der Waals surface area contributed by atoms with Crippen LogP contribution in [0, 0.1) is 5.92 Å². The topological polar surface area (TPSA) is 62.5 Å². The van der Waals surface area contributed by atoms with Gasteiger partial charge in [-0.1, -0.05) is 15.9 Å². The number of furan rings is 1. The van der Waals surface area contributed by atoms with Gasteiger partial charge in [0.25, 0.3) is 0 Å². The molecule has 0 aliphatic heterocycles. The highest BCUT2D eigenvalue weighted by molar-refractivity contribution is 9.10. The standard InChI is InChI=1S/C15H16BrNO3/c1-15(14(18)19,17-8-9-2-3-9)13-7-10-6-11(16)4-5-12(10)20-13/h4-7,9,17H,2-3,8H2,1H3,(H,18,19). The van der Waals surface area contributed by atoms with E-state index in [0.717, 1.165) is 9.86 Å². The molecule has 2 N–H and O–H groups in total. The molecule has 5 heteroatoms. The number of halogens is 1. The van der Waals surface area contributed by atoms with E-state index in [-0.39, 0.29) is 0 Å². The van der Waals surface area contributed by atoms with E-state index in [1.165, 1.54) is 12.8 Å². The van der Waals surface area contributed by atoms with Crippen LogP contribution in [0.3, 0.4) is 0 Å². The molecule has 4 nitrogen and oxygen atoms in total. The SMILES string of the molecule is CC(NCC1CC1)(C(=O)O)c1cc2cc(Br)ccc2o1. The molecule has 2 aromatic rings. The molecule has 0 bridgehead atoms. The number of fused-ring (bicyclic) bond motifs is 1. The number of carbonyl (C=O) groups is 1. The molecule has 1 saturated carbocycles. The maximum absolute atomic E-state index is 11.7. The van der Waals surface area contributed by atoms with Crippen LogP contribution in [-0.2, 0) is 10.3 Å². The molecule has 1 aromatic heterocycles. The maximum atomic E-state index is 11.7. The summed E-state index contributed by atoms with van der Waals surface area (Å²) in [7, 11) is 0. The molecule has 1 aromatic carbocycles. The molecule has 0 radical (unpaired) electrons. The summed E-state index contributed by atoms with van der Waals surface area (Å²) in [6, 6.07) is 7.44. The van der Waals surface area contributed by atoms with E-state index in [9.17, 15) is 9.90 Å². The highest BCUT2D eigenvalue weighted by Crippen LogP contribution is 2.33. The van der Waals surface area contributed by atoms with Crippen LogP contribution in [0.15, 0.2) is 33.2 Å². The summed E-state index contributed by atoms with van der Waals surface area (Å²) in [5.74, 6) is 0.127. The van der Waals surface area contributed by atoms with Gasteiger partial charge < -0.3 is 9.52 Å². The lowest BCUT2D eigenvalue weighted by Crippen LogP contribution is -2.47. The molecule has 1 unspecified atom stereocenters. The lowest BCUT2D eigenvalue weighted by molar-refractivity contribution is -0.145. The number of rotatable bonds is 5. The van der Waals surface area contributed by atoms with Gasteiger partial charge in [0.1, 0.15) is 11.3 Å². The van der Waals surface area contributed by atoms with Crippen molar-refractivity contribution >= 4 is 32.9 Å². The Kier molecular flexibility index (Phi) is 3.34. The van der Waals surface area contributed by atoms with E-state index in [4.69, 9.17) is 4.42 Å². The van der Waals surface area contributed by atoms with Gasteiger partial charge in [-0.3, -0.25) is 5.32 Å². The number of hydrogen-bond acceptors (Lipinski definition) is 3. The molecule has 0 amide bonds. The summed E-state index contributed by atoms with van der Waals surface area (Å²) in [4.78, 5) is 11.7. The van der Waals surface area contributed by atoms with Gasteiger partial charge in [-0.05, 0) is 56.5 Å². The zero-order chi connectivity index (χ0) is 14.3. The predicted molar refractivity (Wildman–Crippen MR) is 79.6 cm³/mol. The number of hydrogen-bond donors (Lipinski definition) is 2. The Balaban J connectivity index is 1.96. The first-order valence-corrected chi connectivity index (χ1v) is 7.46. The van der Waals surface area contributed by atoms with E-state index < -0.39 is 11.5 Å². The fourth-order valence-electron chi connectivity index (χ4n) is 2.20. The van der Waals surface area contributed by atoms with Crippen molar-refractivity contribution in [2.75, 3.05) is 6.54 Å². The highest BCUT2D eigenvalue weighted by Gasteiger charge is 2.39. The average molecular weight is 338 g/mol. The molecule has 0 spiro atoms. The quantitative estimate of drug-likeness (QED) is 0.876. The first-order chi connectivity index (χ1) is 9.49. The fraction of sp³-hybridized carbons (Fsp3) is 0.400. The van der Waals surface area contributed by atoms with Gasteiger partial charge in [-0.2, -0.15) is 0 Å². The third kappa shape index (κ3) is 2.47. The Hall–Kier alpha value is -1.33. The number of carboxylic acids is 1. The molecular formula is C15H16BrNO3. The van der Waals surface area contributed by atoms with E-state index in [2.05, 4.69) is 21.2 Å². The fourth-order valence-corrected chi connectivity index (χ4v) is 2.58. The van der Waals surface area contributed by atoms with Gasteiger partial charge in [0, 0.05) is 9.86 Å². The van der Waals surface area contributed by atoms with Crippen LogP contribution in [-0.4, -0.2) is 17.6 Å². The van der Waals surface area contributed by atoms with Crippen molar-refractivity contribution in [3.05, 3.63) is 34.5 Å². The first kappa shape index (κ1) is 13.6. The second kappa shape index (κ2) is 4.90. The summed E-state index contributed by atoms with van der Waals surface area (Å²) < 4.78 is 6.68. The van der Waals surface area contributed by atoms with Gasteiger partial charge in [0.15, 0.2) is 5.54 Å². The van der Waals surface area contributed by atoms with Gasteiger partial charge in [-0.25, -0.2) is 4.79 Å². The van der Waals surface area contributed by atoms with E-state index in [0.29, 0.717) is 23.8 Å². The minimum atomic E-state index is -1.19. The van der Waals surface area contributed by atoms with Crippen molar-refractivity contribution in [2.45, 2.75) is 25.3 Å². The smallest absolute Gasteiger partial charge is 0.331 e. The van der Waals surface area contributed by atoms with Crippen LogP contribution >= 0.6 is 15.9 Å². The van der Waals surface area contributed by atoms with Gasteiger partial charge >= 0.3 is 5.97 Å². The van der Waals surface area contributed by atoms with Gasteiger partial charge in [0.05, 0.1) is 0 Å². The van der Waals surface area contributed by atoms with E-state index in [1.54, 1.807) is 13.0 Å². The Morgan fingerprint density at radius 1 is 1.50 bits per heavy atom. The van der Waals surface area contributed by atoms with Crippen LogP contribution < -0.4 is 5.32 Å². The molecular weight excluding hydrogens is 322 g/mol. The lowest BCUT2D eigenvalue weighted by Gasteiger charge is -2.24. The van der Waals surface area contributed by atoms with Crippen LogP contribution in [0.2, 0.25) is 0 Å². The molecule has 20 heavy (non-hydrogen) atoms. The van der Waals surface area contributed by atoms with Gasteiger partial charge in [0.2, 0.25) is 0 Å². The Morgan fingerprint density at radius 2 is 2.25 bits per heavy atom. The summed E-state index contributed by atoms with van der Waals surface area (Å²) in [6.07, 6.45) is 2.35. The van der Waals surface area contributed by atoms with Crippen LogP contribution in [0.1, 0.15) is 25.5 Å².